The maximum Gasteiger partial charge on any atom is 0.248 e. The lowest BCUT2D eigenvalue weighted by atomic mass is 10.3. The van der Waals surface area contributed by atoms with Crippen molar-refractivity contribution in [3.8, 4) is 0 Å². The van der Waals surface area contributed by atoms with Crippen molar-refractivity contribution in [1.82, 2.24) is 0 Å². The molecule has 3 nitrogen and oxygen atoms in total. The van der Waals surface area contributed by atoms with E-state index in [0.717, 1.165) is 15.9 Å². The van der Waals surface area contributed by atoms with Crippen LogP contribution in [0.3, 0.4) is 0 Å². The van der Waals surface area contributed by atoms with Crippen molar-refractivity contribution in [2.75, 3.05) is 0 Å². The number of carbonyl (C=O) groups excluding carboxylic acids is 1. The summed E-state index contributed by atoms with van der Waals surface area (Å²) in [7, 11) is -2.45. The third-order valence-corrected chi connectivity index (χ3v) is 9.18. The number of benzene rings is 3. The van der Waals surface area contributed by atoms with Crippen LogP contribution in [0.4, 0.5) is 0 Å². The smallest absolute Gasteiger partial charge is 0.248 e. The molecule has 1 aliphatic heterocycles. The lowest BCUT2D eigenvalue weighted by Gasteiger charge is -2.31. The summed E-state index contributed by atoms with van der Waals surface area (Å²) < 4.78 is 4.94. The van der Waals surface area contributed by atoms with Crippen molar-refractivity contribution >= 4 is 29.1 Å². The molecule has 0 saturated heterocycles. The number of ether oxygens (including phenoxy) is 1. The Bertz CT molecular complexity index is 840. The van der Waals surface area contributed by atoms with Gasteiger partial charge in [-0.2, -0.15) is 0 Å². The van der Waals surface area contributed by atoms with Crippen LogP contribution in [0.2, 0.25) is 0 Å². The zero-order valence-electron chi connectivity index (χ0n) is 14.0. The van der Waals surface area contributed by atoms with E-state index in [1.165, 1.54) is 6.08 Å². The molecule has 0 saturated carbocycles. The number of hydrogen-bond donors (Lipinski definition) is 0. The van der Waals surface area contributed by atoms with Gasteiger partial charge < -0.3 is 9.84 Å². The molecule has 4 rings (SSSR count). The van der Waals surface area contributed by atoms with Gasteiger partial charge in [0.05, 0.1) is 5.95 Å². The fourth-order valence-corrected chi connectivity index (χ4v) is 8.08. The first-order valence-corrected chi connectivity index (χ1v) is 10.2. The van der Waals surface area contributed by atoms with Gasteiger partial charge in [0.2, 0.25) is 5.97 Å². The molecule has 0 N–H and O–H groups in total. The van der Waals surface area contributed by atoms with Crippen molar-refractivity contribution in [2.24, 2.45) is 0 Å². The molecule has 0 fully saturated rings. The molecule has 3 aromatic carbocycles. The number of esters is 1. The zero-order valence-corrected chi connectivity index (χ0v) is 14.9. The predicted octanol–water partition coefficient (Wildman–Crippen LogP) is 2.11. The van der Waals surface area contributed by atoms with Crippen LogP contribution in [0.15, 0.2) is 103 Å². The van der Waals surface area contributed by atoms with Crippen molar-refractivity contribution in [2.45, 2.75) is 5.66 Å². The molecule has 0 radical (unpaired) electrons. The molecule has 0 aliphatic carbocycles. The molecule has 0 spiro atoms. The Labute approximate surface area is 152 Å². The van der Waals surface area contributed by atoms with Crippen molar-refractivity contribution in [3.05, 3.63) is 103 Å². The van der Waals surface area contributed by atoms with Crippen molar-refractivity contribution in [1.29, 1.82) is 0 Å². The standard InChI is InChI=1S/C22H17O3P/c23-21-16-20(22(24)25-21)26(17-10-4-1-5-11-17,18-12-6-2-7-13-18)19-14-8-3-9-15-19/h1-16,20H. The predicted molar refractivity (Wildman–Crippen MR) is 103 cm³/mol. The normalized spacial score (nSPS) is 16.8. The lowest BCUT2D eigenvalue weighted by Crippen LogP contribution is -2.40. The molecule has 1 heterocycles. The van der Waals surface area contributed by atoms with Crippen LogP contribution in [0, 0.1) is 0 Å². The highest BCUT2D eigenvalue weighted by Crippen LogP contribution is 2.61. The van der Waals surface area contributed by atoms with Crippen LogP contribution in [0.25, 0.3) is 0 Å². The SMILES string of the molecule is O=C1OC([O-])=CC1[P+](c1ccccc1)(c1ccccc1)c1ccccc1. The average molecular weight is 360 g/mol. The second-order valence-electron chi connectivity index (χ2n) is 6.08. The molecule has 1 unspecified atom stereocenters. The minimum absolute atomic E-state index is 0.472. The average Bonchev–Trinajstić information content (AvgIpc) is 3.03. The Hall–Kier alpha value is -2.90. The summed E-state index contributed by atoms with van der Waals surface area (Å²) in [4.78, 5) is 12.7. The second-order valence-corrected chi connectivity index (χ2v) is 9.63. The molecule has 1 aliphatic rings. The minimum atomic E-state index is -2.45. The second kappa shape index (κ2) is 6.78. The van der Waals surface area contributed by atoms with Crippen LogP contribution in [0.5, 0.6) is 0 Å². The monoisotopic (exact) mass is 360 g/mol. The molecule has 26 heavy (non-hydrogen) atoms. The molecule has 0 bridgehead atoms. The van der Waals surface area contributed by atoms with Gasteiger partial charge in [-0.05, 0) is 42.5 Å². The van der Waals surface area contributed by atoms with Crippen molar-refractivity contribution < 1.29 is 14.6 Å². The molecule has 0 amide bonds. The molecule has 3 aromatic rings. The van der Waals surface area contributed by atoms with Gasteiger partial charge in [-0.15, -0.1) is 0 Å². The van der Waals surface area contributed by atoms with E-state index in [1.54, 1.807) is 0 Å². The number of rotatable bonds is 4. The molecular weight excluding hydrogens is 343 g/mol. The molecule has 1 atom stereocenters. The Morgan fingerprint density at radius 2 is 1.08 bits per heavy atom. The quantitative estimate of drug-likeness (QED) is 0.529. The molecular formula is C22H17O3P. The van der Waals surface area contributed by atoms with E-state index < -0.39 is 24.8 Å². The number of cyclic esters (lactones) is 1. The maximum absolute atomic E-state index is 12.7. The fourth-order valence-electron chi connectivity index (χ4n) is 3.58. The van der Waals surface area contributed by atoms with Gasteiger partial charge >= 0.3 is 0 Å². The van der Waals surface area contributed by atoms with E-state index in [1.807, 2.05) is 91.0 Å². The maximum atomic E-state index is 12.7. The summed E-state index contributed by atoms with van der Waals surface area (Å²) in [6.07, 6.45) is 1.45. The highest BCUT2D eigenvalue weighted by atomic mass is 31.2. The molecule has 4 heteroatoms. The topological polar surface area (TPSA) is 49.4 Å². The van der Waals surface area contributed by atoms with Gasteiger partial charge in [0.1, 0.15) is 23.2 Å². The van der Waals surface area contributed by atoms with Crippen LogP contribution in [-0.4, -0.2) is 11.6 Å². The third kappa shape index (κ3) is 2.61. The minimum Gasteiger partial charge on any atom is -0.550 e. The lowest BCUT2D eigenvalue weighted by molar-refractivity contribution is -0.346. The van der Waals surface area contributed by atoms with Crippen LogP contribution >= 0.6 is 7.26 Å². The van der Waals surface area contributed by atoms with Gasteiger partial charge in [-0.3, -0.25) is 4.79 Å². The molecule has 0 aromatic heterocycles. The number of hydrogen-bond acceptors (Lipinski definition) is 3. The van der Waals surface area contributed by atoms with Crippen LogP contribution in [0.1, 0.15) is 0 Å². The summed E-state index contributed by atoms with van der Waals surface area (Å²) in [6.45, 7) is 0. The first-order valence-electron chi connectivity index (χ1n) is 8.39. The molecule has 128 valence electrons. The summed E-state index contributed by atoms with van der Waals surface area (Å²) in [6, 6.07) is 29.9. The van der Waals surface area contributed by atoms with Crippen LogP contribution < -0.4 is 21.0 Å². The van der Waals surface area contributed by atoms with Crippen molar-refractivity contribution in [3.63, 3.8) is 0 Å². The zero-order chi connectivity index (χ0) is 18.0. The highest BCUT2D eigenvalue weighted by molar-refractivity contribution is 7.97. The first kappa shape index (κ1) is 16.6. The largest absolute Gasteiger partial charge is 0.550 e. The summed E-state index contributed by atoms with van der Waals surface area (Å²) in [5.74, 6) is -1.04. The summed E-state index contributed by atoms with van der Waals surface area (Å²) >= 11 is 0. The van der Waals surface area contributed by atoms with Gasteiger partial charge in [-0.25, -0.2) is 0 Å². The first-order chi connectivity index (χ1) is 12.7. The number of carbonyl (C=O) groups is 1. The third-order valence-electron chi connectivity index (χ3n) is 4.64. The Kier molecular flexibility index (Phi) is 4.32. The van der Waals surface area contributed by atoms with E-state index in [0.29, 0.717) is 0 Å². The van der Waals surface area contributed by atoms with E-state index in [-0.39, 0.29) is 0 Å². The van der Waals surface area contributed by atoms with E-state index in [4.69, 9.17) is 4.74 Å². The highest BCUT2D eigenvalue weighted by Gasteiger charge is 2.55. The van der Waals surface area contributed by atoms with E-state index in [2.05, 4.69) is 0 Å². The van der Waals surface area contributed by atoms with Gasteiger partial charge in [0, 0.05) is 0 Å². The Balaban J connectivity index is 2.09. The summed E-state index contributed by atoms with van der Waals surface area (Å²) in [5.41, 5.74) is -0.623. The Morgan fingerprint density at radius 1 is 0.692 bits per heavy atom. The van der Waals surface area contributed by atoms with Gasteiger partial charge in [0.15, 0.2) is 5.66 Å². The van der Waals surface area contributed by atoms with E-state index in [9.17, 15) is 9.90 Å². The van der Waals surface area contributed by atoms with Crippen LogP contribution in [-0.2, 0) is 9.53 Å². The van der Waals surface area contributed by atoms with E-state index >= 15 is 0 Å². The summed E-state index contributed by atoms with van der Waals surface area (Å²) in [5, 5.41) is 15.1. The van der Waals surface area contributed by atoms with Gasteiger partial charge in [-0.1, -0.05) is 54.6 Å². The Morgan fingerprint density at radius 3 is 1.38 bits per heavy atom. The van der Waals surface area contributed by atoms with Gasteiger partial charge in [0.25, 0.3) is 0 Å². The fraction of sp³-hybridized carbons (Fsp3) is 0.0455.